The maximum Gasteiger partial charge on any atom is 0.329 e. The van der Waals surface area contributed by atoms with E-state index in [1.807, 2.05) is 6.92 Å². The van der Waals surface area contributed by atoms with E-state index in [0.717, 1.165) is 0 Å². The van der Waals surface area contributed by atoms with Gasteiger partial charge >= 0.3 is 5.97 Å². The second-order valence-electron chi connectivity index (χ2n) is 4.55. The summed E-state index contributed by atoms with van der Waals surface area (Å²) in [5, 5.41) is 17.2. The third-order valence-corrected chi connectivity index (χ3v) is 3.80. The van der Waals surface area contributed by atoms with E-state index >= 15 is 0 Å². The monoisotopic (exact) mass is 286 g/mol. The minimum absolute atomic E-state index is 0.112. The van der Waals surface area contributed by atoms with Crippen LogP contribution in [0.1, 0.15) is 26.7 Å². The lowest BCUT2D eigenvalue weighted by Gasteiger charge is -2.27. The number of nitrogens with two attached hydrogens (primary N) is 1. The maximum absolute atomic E-state index is 11.5. The summed E-state index contributed by atoms with van der Waals surface area (Å²) in [6, 6.07) is 5.98. The first kappa shape index (κ1) is 15.5. The zero-order valence-electron chi connectivity index (χ0n) is 10.9. The van der Waals surface area contributed by atoms with Gasteiger partial charge in [0.25, 0.3) is 0 Å². The molecule has 0 aliphatic heterocycles. The van der Waals surface area contributed by atoms with Gasteiger partial charge in [-0.2, -0.15) is 0 Å². The second kappa shape index (κ2) is 5.58. The summed E-state index contributed by atoms with van der Waals surface area (Å²) in [6.07, 6.45) is 1.01. The van der Waals surface area contributed by atoms with Crippen LogP contribution in [0, 0.1) is 0 Å². The van der Waals surface area contributed by atoms with Gasteiger partial charge < -0.3 is 10.4 Å². The van der Waals surface area contributed by atoms with Crippen LogP contribution in [0.15, 0.2) is 29.2 Å². The lowest BCUT2D eigenvalue weighted by molar-refractivity contribution is -0.142. The molecule has 106 valence electrons. The summed E-state index contributed by atoms with van der Waals surface area (Å²) >= 11 is 0. The lowest BCUT2D eigenvalue weighted by atomic mass is 9.96. The summed E-state index contributed by atoms with van der Waals surface area (Å²) in [7, 11) is -3.90. The molecule has 0 aliphatic rings. The summed E-state index contributed by atoms with van der Waals surface area (Å²) in [5.74, 6) is -1.04. The third-order valence-electron chi connectivity index (χ3n) is 2.83. The fourth-order valence-corrected chi connectivity index (χ4v) is 2.53. The maximum atomic E-state index is 11.5. The van der Waals surface area contributed by atoms with E-state index < -0.39 is 21.5 Å². The fraction of sp³-hybridized carbons (Fsp3) is 0.417. The molecule has 0 heterocycles. The number of rotatable bonds is 6. The van der Waals surface area contributed by atoms with Gasteiger partial charge in [-0.1, -0.05) is 25.5 Å². The van der Waals surface area contributed by atoms with E-state index in [2.05, 4.69) is 5.32 Å². The molecule has 0 bridgehead atoms. The van der Waals surface area contributed by atoms with Crippen LogP contribution in [0.5, 0.6) is 0 Å². The van der Waals surface area contributed by atoms with Crippen LogP contribution in [-0.2, 0) is 14.8 Å². The molecule has 6 nitrogen and oxygen atoms in total. The van der Waals surface area contributed by atoms with Crippen molar-refractivity contribution in [2.45, 2.75) is 37.1 Å². The van der Waals surface area contributed by atoms with Gasteiger partial charge in [-0.05, 0) is 25.5 Å². The van der Waals surface area contributed by atoms with Crippen LogP contribution >= 0.6 is 0 Å². The van der Waals surface area contributed by atoms with Crippen LogP contribution < -0.4 is 10.5 Å². The van der Waals surface area contributed by atoms with Crippen LogP contribution in [0.4, 0.5) is 5.69 Å². The topological polar surface area (TPSA) is 109 Å². The Morgan fingerprint density at radius 2 is 2.00 bits per heavy atom. The normalized spacial score (nSPS) is 14.7. The number of carboxylic acid groups (broad SMARTS) is 1. The molecule has 0 aromatic heterocycles. The average Bonchev–Trinajstić information content (AvgIpc) is 2.28. The highest BCUT2D eigenvalue weighted by atomic mass is 32.2. The molecule has 0 fully saturated rings. The molecule has 4 N–H and O–H groups in total. The summed E-state index contributed by atoms with van der Waals surface area (Å²) < 4.78 is 22.9. The minimum Gasteiger partial charge on any atom is -0.480 e. The first-order valence-corrected chi connectivity index (χ1v) is 7.39. The number of benzene rings is 1. The number of aliphatic carboxylic acids is 1. The van der Waals surface area contributed by atoms with E-state index in [1.54, 1.807) is 6.07 Å². The molecule has 0 spiro atoms. The standard InChI is InChI=1S/C12H18N2O4S/c1-3-8-12(2,11(15)16)14-9-6-4-5-7-10(9)19(13,17)18/h4-7,14H,3,8H2,1-2H3,(H,15,16)(H2,13,17,18). The predicted molar refractivity (Wildman–Crippen MR) is 72.4 cm³/mol. The zero-order chi connectivity index (χ0) is 14.7. The number of para-hydroxylation sites is 1. The molecule has 0 saturated carbocycles. The lowest BCUT2D eigenvalue weighted by Crippen LogP contribution is -2.43. The highest BCUT2D eigenvalue weighted by molar-refractivity contribution is 7.89. The van der Waals surface area contributed by atoms with Crippen molar-refractivity contribution in [2.75, 3.05) is 5.32 Å². The van der Waals surface area contributed by atoms with Crippen LogP contribution in [0.3, 0.4) is 0 Å². The molecular formula is C12H18N2O4S. The van der Waals surface area contributed by atoms with Crippen molar-refractivity contribution in [3.8, 4) is 0 Å². The van der Waals surface area contributed by atoms with Crippen molar-refractivity contribution in [3.05, 3.63) is 24.3 Å². The Morgan fingerprint density at radius 3 is 2.47 bits per heavy atom. The quantitative estimate of drug-likeness (QED) is 0.732. The first-order chi connectivity index (χ1) is 8.70. The molecule has 1 unspecified atom stereocenters. The molecule has 1 aromatic rings. The highest BCUT2D eigenvalue weighted by Crippen LogP contribution is 2.25. The Morgan fingerprint density at radius 1 is 1.42 bits per heavy atom. The number of nitrogens with one attached hydrogen (secondary N) is 1. The summed E-state index contributed by atoms with van der Waals surface area (Å²) in [4.78, 5) is 11.2. The summed E-state index contributed by atoms with van der Waals surface area (Å²) in [5.41, 5.74) is -1.04. The van der Waals surface area contributed by atoms with Crippen LogP contribution in [-0.4, -0.2) is 25.0 Å². The summed E-state index contributed by atoms with van der Waals surface area (Å²) in [6.45, 7) is 3.37. The van der Waals surface area contributed by atoms with Gasteiger partial charge in [0.1, 0.15) is 10.4 Å². The van der Waals surface area contributed by atoms with Gasteiger partial charge in [-0.3, -0.25) is 0 Å². The van der Waals surface area contributed by atoms with Gasteiger partial charge in [0.05, 0.1) is 5.69 Å². The molecule has 1 aromatic carbocycles. The smallest absolute Gasteiger partial charge is 0.329 e. The van der Waals surface area contributed by atoms with E-state index in [4.69, 9.17) is 5.14 Å². The number of carboxylic acids is 1. The number of anilines is 1. The molecule has 7 heteroatoms. The Bertz CT molecular complexity index is 571. The Balaban J connectivity index is 3.22. The molecule has 1 rings (SSSR count). The Hall–Kier alpha value is -1.60. The van der Waals surface area contributed by atoms with Crippen molar-refractivity contribution < 1.29 is 18.3 Å². The minimum atomic E-state index is -3.90. The number of hydrogen-bond donors (Lipinski definition) is 3. The van der Waals surface area contributed by atoms with E-state index in [1.165, 1.54) is 25.1 Å². The second-order valence-corrected chi connectivity index (χ2v) is 6.08. The van der Waals surface area contributed by atoms with E-state index in [0.29, 0.717) is 12.8 Å². The fourth-order valence-electron chi connectivity index (χ4n) is 1.84. The van der Waals surface area contributed by atoms with E-state index in [-0.39, 0.29) is 10.6 Å². The van der Waals surface area contributed by atoms with Gasteiger partial charge in [0.2, 0.25) is 10.0 Å². The van der Waals surface area contributed by atoms with Crippen LogP contribution in [0.25, 0.3) is 0 Å². The van der Waals surface area contributed by atoms with Crippen molar-refractivity contribution in [3.63, 3.8) is 0 Å². The molecular weight excluding hydrogens is 268 g/mol. The molecule has 0 saturated heterocycles. The van der Waals surface area contributed by atoms with Crippen molar-refractivity contribution in [1.82, 2.24) is 0 Å². The predicted octanol–water partition coefficient (Wildman–Crippen LogP) is 1.39. The number of sulfonamides is 1. The van der Waals surface area contributed by atoms with Gasteiger partial charge in [-0.15, -0.1) is 0 Å². The Labute approximate surface area is 112 Å². The molecule has 1 atom stereocenters. The SMILES string of the molecule is CCCC(C)(Nc1ccccc1S(N)(=O)=O)C(=O)O. The number of carbonyl (C=O) groups is 1. The van der Waals surface area contributed by atoms with Crippen molar-refractivity contribution >= 4 is 21.7 Å². The van der Waals surface area contributed by atoms with Gasteiger partial charge in [0.15, 0.2) is 0 Å². The molecule has 0 amide bonds. The number of hydrogen-bond acceptors (Lipinski definition) is 4. The van der Waals surface area contributed by atoms with Gasteiger partial charge in [0, 0.05) is 0 Å². The Kier molecular flexibility index (Phi) is 4.54. The average molecular weight is 286 g/mol. The number of primary sulfonamides is 1. The molecule has 0 aliphatic carbocycles. The van der Waals surface area contributed by atoms with E-state index in [9.17, 15) is 18.3 Å². The largest absolute Gasteiger partial charge is 0.480 e. The van der Waals surface area contributed by atoms with Gasteiger partial charge in [-0.25, -0.2) is 18.4 Å². The zero-order valence-corrected chi connectivity index (χ0v) is 11.7. The highest BCUT2D eigenvalue weighted by Gasteiger charge is 2.33. The van der Waals surface area contributed by atoms with Crippen molar-refractivity contribution in [2.24, 2.45) is 5.14 Å². The first-order valence-electron chi connectivity index (χ1n) is 5.84. The third kappa shape index (κ3) is 3.68. The van der Waals surface area contributed by atoms with Crippen LogP contribution in [0.2, 0.25) is 0 Å². The molecule has 19 heavy (non-hydrogen) atoms. The van der Waals surface area contributed by atoms with Crippen molar-refractivity contribution in [1.29, 1.82) is 0 Å². The molecule has 0 radical (unpaired) electrons.